The molecule has 0 atom stereocenters. The Bertz CT molecular complexity index is 1220. The van der Waals surface area contributed by atoms with Crippen LogP contribution in [0.2, 0.25) is 0 Å². The number of nitrogens with zero attached hydrogens (tertiary/aromatic N) is 4. The fraction of sp³-hybridized carbons (Fsp3) is 0.200. The Labute approximate surface area is 151 Å². The molecule has 0 fully saturated rings. The zero-order valence-corrected chi connectivity index (χ0v) is 15.2. The molecule has 3 heterocycles. The van der Waals surface area contributed by atoms with E-state index in [0.717, 1.165) is 44.9 Å². The van der Waals surface area contributed by atoms with Crippen molar-refractivity contribution in [1.82, 2.24) is 13.8 Å². The predicted octanol–water partition coefficient (Wildman–Crippen LogP) is 3.64. The Hall–Kier alpha value is -3.46. The van der Waals surface area contributed by atoms with Crippen molar-refractivity contribution in [2.75, 3.05) is 12.8 Å². The van der Waals surface area contributed by atoms with Crippen LogP contribution in [0.25, 0.3) is 22.3 Å². The summed E-state index contributed by atoms with van der Waals surface area (Å²) in [6.45, 7) is 6.02. The number of ether oxygens (including phenoxy) is 1. The van der Waals surface area contributed by atoms with Crippen LogP contribution >= 0.6 is 0 Å². The summed E-state index contributed by atoms with van der Waals surface area (Å²) in [6, 6.07) is 6.20. The van der Waals surface area contributed by atoms with E-state index in [1.807, 2.05) is 54.1 Å². The number of rotatable bonds is 2. The highest BCUT2D eigenvalue weighted by Crippen LogP contribution is 2.42. The van der Waals surface area contributed by atoms with E-state index in [1.54, 1.807) is 13.3 Å². The Morgan fingerprint density at radius 3 is 2.62 bits per heavy atom. The zero-order chi connectivity index (χ0) is 18.6. The van der Waals surface area contributed by atoms with Gasteiger partial charge in [0.05, 0.1) is 18.3 Å². The number of nitrogens with two attached hydrogens (primary N) is 1. The fourth-order valence-corrected chi connectivity index (χ4v) is 3.77. The van der Waals surface area contributed by atoms with Gasteiger partial charge >= 0.3 is 0 Å². The number of benzene rings is 1. The third-order valence-corrected chi connectivity index (χ3v) is 4.99. The number of methoxy groups -OCH3 is 1. The smallest absolute Gasteiger partial charge is 0.162 e. The van der Waals surface area contributed by atoms with Crippen molar-refractivity contribution in [3.8, 4) is 22.9 Å². The fourth-order valence-electron chi connectivity index (χ4n) is 3.77. The van der Waals surface area contributed by atoms with Crippen LogP contribution < -0.4 is 10.5 Å². The van der Waals surface area contributed by atoms with Crippen LogP contribution in [0, 0.1) is 32.1 Å². The molecular formula is C20H19N5O. The second-order valence-electron chi connectivity index (χ2n) is 6.44. The molecule has 0 aliphatic heterocycles. The van der Waals surface area contributed by atoms with Gasteiger partial charge in [-0.1, -0.05) is 6.07 Å². The summed E-state index contributed by atoms with van der Waals surface area (Å²) in [5, 5.41) is 9.73. The molecule has 0 spiro atoms. The van der Waals surface area contributed by atoms with Crippen LogP contribution in [0.5, 0.6) is 5.75 Å². The summed E-state index contributed by atoms with van der Waals surface area (Å²) in [5.74, 6) is 0.786. The molecule has 0 aliphatic rings. The number of aryl methyl sites for hydroxylation is 2. The highest BCUT2D eigenvalue weighted by molar-refractivity contribution is 6.02. The van der Waals surface area contributed by atoms with Gasteiger partial charge in [0.1, 0.15) is 17.5 Å². The largest absolute Gasteiger partial charge is 0.496 e. The summed E-state index contributed by atoms with van der Waals surface area (Å²) >= 11 is 0. The van der Waals surface area contributed by atoms with Gasteiger partial charge in [-0.2, -0.15) is 5.26 Å². The predicted molar refractivity (Wildman–Crippen MR) is 101 cm³/mol. The molecule has 0 bridgehead atoms. The molecule has 0 saturated carbocycles. The van der Waals surface area contributed by atoms with Gasteiger partial charge in [0.25, 0.3) is 0 Å². The molecule has 6 heteroatoms. The standard InChI is InChI=1S/C20H19N5O/c1-11-5-6-15(26-4)13(3)16(11)17-18(22)14(9-21)25-10-12(2)24-8-7-23-20(24)19(17)25/h5-8,10H,22H2,1-4H3. The second kappa shape index (κ2) is 5.53. The van der Waals surface area contributed by atoms with Gasteiger partial charge in [-0.15, -0.1) is 0 Å². The van der Waals surface area contributed by atoms with Gasteiger partial charge in [-0.05, 0) is 43.5 Å². The minimum atomic E-state index is 0.421. The first-order chi connectivity index (χ1) is 12.5. The van der Waals surface area contributed by atoms with Gasteiger partial charge in [0.2, 0.25) is 0 Å². The van der Waals surface area contributed by atoms with E-state index in [-0.39, 0.29) is 0 Å². The van der Waals surface area contributed by atoms with Gasteiger partial charge in [-0.25, -0.2) is 4.98 Å². The molecule has 0 saturated heterocycles. The summed E-state index contributed by atoms with van der Waals surface area (Å²) in [6.07, 6.45) is 5.59. The van der Waals surface area contributed by atoms with Crippen molar-refractivity contribution in [3.05, 3.63) is 53.2 Å². The summed E-state index contributed by atoms with van der Waals surface area (Å²) in [4.78, 5) is 4.53. The Morgan fingerprint density at radius 2 is 1.92 bits per heavy atom. The van der Waals surface area contributed by atoms with Crippen molar-refractivity contribution in [3.63, 3.8) is 0 Å². The van der Waals surface area contributed by atoms with Crippen LogP contribution in [0.1, 0.15) is 22.5 Å². The van der Waals surface area contributed by atoms with Crippen LogP contribution in [0.3, 0.4) is 0 Å². The third-order valence-electron chi connectivity index (χ3n) is 4.99. The third kappa shape index (κ3) is 1.94. The van der Waals surface area contributed by atoms with Crippen molar-refractivity contribution in [2.45, 2.75) is 20.8 Å². The Balaban J connectivity index is 2.28. The summed E-state index contributed by atoms with van der Waals surface area (Å²) in [5.41, 5.74) is 13.8. The number of imidazole rings is 1. The number of fused-ring (bicyclic) bond motifs is 3. The van der Waals surface area contributed by atoms with E-state index in [9.17, 15) is 5.26 Å². The molecular weight excluding hydrogens is 326 g/mol. The van der Waals surface area contributed by atoms with Gasteiger partial charge in [-0.3, -0.25) is 0 Å². The van der Waals surface area contributed by atoms with E-state index in [0.29, 0.717) is 11.4 Å². The molecule has 3 aromatic heterocycles. The van der Waals surface area contributed by atoms with Crippen LogP contribution in [0.15, 0.2) is 30.7 Å². The molecule has 2 N–H and O–H groups in total. The molecule has 26 heavy (non-hydrogen) atoms. The van der Waals surface area contributed by atoms with Gasteiger partial charge in [0.15, 0.2) is 5.65 Å². The molecule has 4 aromatic rings. The van der Waals surface area contributed by atoms with E-state index in [1.165, 1.54) is 0 Å². The topological polar surface area (TPSA) is 80.8 Å². The molecule has 1 aromatic carbocycles. The molecule has 0 unspecified atom stereocenters. The first-order valence-electron chi connectivity index (χ1n) is 8.30. The molecule has 6 nitrogen and oxygen atoms in total. The van der Waals surface area contributed by atoms with Crippen molar-refractivity contribution >= 4 is 16.9 Å². The highest BCUT2D eigenvalue weighted by Gasteiger charge is 2.24. The molecule has 0 amide bonds. The quantitative estimate of drug-likeness (QED) is 0.601. The molecule has 0 aliphatic carbocycles. The van der Waals surface area contributed by atoms with Crippen LogP contribution in [-0.2, 0) is 0 Å². The average molecular weight is 345 g/mol. The Kier molecular flexibility index (Phi) is 3.41. The van der Waals surface area contributed by atoms with Crippen LogP contribution in [-0.4, -0.2) is 20.9 Å². The minimum Gasteiger partial charge on any atom is -0.496 e. The molecule has 0 radical (unpaired) electrons. The van der Waals surface area contributed by atoms with Crippen molar-refractivity contribution in [2.24, 2.45) is 0 Å². The number of nitriles is 1. The molecule has 4 rings (SSSR count). The SMILES string of the molecule is COc1ccc(C)c(-c2c(N)c(C#N)n3cc(C)n4ccnc4c23)c1C. The number of hydrogen-bond acceptors (Lipinski definition) is 4. The zero-order valence-electron chi connectivity index (χ0n) is 15.2. The number of nitrogen functional groups attached to an aromatic ring is 1. The van der Waals surface area contributed by atoms with Gasteiger partial charge < -0.3 is 19.3 Å². The monoisotopic (exact) mass is 345 g/mol. The first kappa shape index (κ1) is 16.0. The van der Waals surface area contributed by atoms with E-state index >= 15 is 0 Å². The molecule has 130 valence electrons. The average Bonchev–Trinajstić information content (AvgIpc) is 3.19. The summed E-state index contributed by atoms with van der Waals surface area (Å²) in [7, 11) is 1.65. The summed E-state index contributed by atoms with van der Waals surface area (Å²) < 4.78 is 9.36. The van der Waals surface area contributed by atoms with Gasteiger partial charge in [0, 0.05) is 29.8 Å². The highest BCUT2D eigenvalue weighted by atomic mass is 16.5. The van der Waals surface area contributed by atoms with E-state index in [2.05, 4.69) is 11.1 Å². The van der Waals surface area contributed by atoms with Crippen LogP contribution in [0.4, 0.5) is 5.69 Å². The number of hydrogen-bond donors (Lipinski definition) is 1. The van der Waals surface area contributed by atoms with Crippen molar-refractivity contribution < 1.29 is 4.74 Å². The maximum absolute atomic E-state index is 9.73. The Morgan fingerprint density at radius 1 is 1.15 bits per heavy atom. The second-order valence-corrected chi connectivity index (χ2v) is 6.44. The van der Waals surface area contributed by atoms with E-state index in [4.69, 9.17) is 10.5 Å². The number of aromatic nitrogens is 3. The first-order valence-corrected chi connectivity index (χ1v) is 8.30. The lowest BCUT2D eigenvalue weighted by atomic mass is 9.94. The minimum absolute atomic E-state index is 0.421. The van der Waals surface area contributed by atoms with E-state index < -0.39 is 0 Å². The lowest BCUT2D eigenvalue weighted by Gasteiger charge is -2.14. The maximum Gasteiger partial charge on any atom is 0.162 e. The lowest BCUT2D eigenvalue weighted by molar-refractivity contribution is 0.412. The lowest BCUT2D eigenvalue weighted by Crippen LogP contribution is -1.99. The number of anilines is 1. The normalized spacial score (nSPS) is 11.2. The maximum atomic E-state index is 9.73. The van der Waals surface area contributed by atoms with Crippen molar-refractivity contribution in [1.29, 1.82) is 5.26 Å².